The van der Waals surface area contributed by atoms with Crippen molar-refractivity contribution < 1.29 is 4.74 Å². The Morgan fingerprint density at radius 3 is 2.93 bits per heavy atom. The van der Waals surface area contributed by atoms with Crippen molar-refractivity contribution in [3.05, 3.63) is 34.9 Å². The summed E-state index contributed by atoms with van der Waals surface area (Å²) in [5.41, 5.74) is 6.44. The summed E-state index contributed by atoms with van der Waals surface area (Å²) in [5.74, 6) is 0.696. The minimum absolute atomic E-state index is 0.628. The molecule has 0 aromatic heterocycles. The number of hydrogen-bond acceptors (Lipinski definition) is 2. The topological polar surface area (TPSA) is 35.2 Å². The van der Waals surface area contributed by atoms with Crippen molar-refractivity contribution >= 4 is 17.7 Å². The van der Waals surface area contributed by atoms with E-state index in [-0.39, 0.29) is 0 Å². The zero-order valence-electron chi connectivity index (χ0n) is 8.16. The van der Waals surface area contributed by atoms with Gasteiger partial charge in [-0.05, 0) is 30.7 Å². The van der Waals surface area contributed by atoms with Crippen LogP contribution in [0.15, 0.2) is 24.3 Å². The van der Waals surface area contributed by atoms with Crippen molar-refractivity contribution in [1.29, 1.82) is 0 Å². The molecule has 0 unspecified atom stereocenters. The van der Waals surface area contributed by atoms with Gasteiger partial charge >= 0.3 is 0 Å². The molecule has 1 aromatic carbocycles. The average molecular weight is 212 g/mol. The number of hydrogen-bond donors (Lipinski definition) is 1. The molecule has 2 N–H and O–H groups in total. The standard InChI is InChI=1S/C11H14ClNO/c1-14-11-8-9(4-2-3-7-13)5-6-10(11)12/h2,4-6,8H,3,7,13H2,1H3. The highest BCUT2D eigenvalue weighted by Crippen LogP contribution is 2.25. The van der Waals surface area contributed by atoms with Gasteiger partial charge in [0.1, 0.15) is 5.75 Å². The van der Waals surface area contributed by atoms with Crippen LogP contribution >= 0.6 is 11.6 Å². The Bertz CT molecular complexity index is 323. The summed E-state index contributed by atoms with van der Waals surface area (Å²) in [4.78, 5) is 0. The Labute approximate surface area is 89.3 Å². The van der Waals surface area contributed by atoms with Gasteiger partial charge in [-0.2, -0.15) is 0 Å². The van der Waals surface area contributed by atoms with Crippen molar-refractivity contribution in [3.8, 4) is 5.75 Å². The molecular weight excluding hydrogens is 198 g/mol. The molecule has 0 heterocycles. The molecule has 0 aliphatic rings. The zero-order valence-corrected chi connectivity index (χ0v) is 8.92. The molecule has 1 aromatic rings. The minimum Gasteiger partial charge on any atom is -0.495 e. The second-order valence-corrected chi connectivity index (χ2v) is 3.28. The number of rotatable bonds is 4. The third-order valence-electron chi connectivity index (χ3n) is 1.82. The molecule has 0 atom stereocenters. The number of ether oxygens (including phenoxy) is 1. The highest BCUT2D eigenvalue weighted by Gasteiger charge is 1.98. The molecule has 0 saturated heterocycles. The highest BCUT2D eigenvalue weighted by atomic mass is 35.5. The summed E-state index contributed by atoms with van der Waals surface area (Å²) in [6.07, 6.45) is 4.92. The summed E-state index contributed by atoms with van der Waals surface area (Å²) in [5, 5.41) is 0.628. The predicted molar refractivity (Wildman–Crippen MR) is 60.7 cm³/mol. The van der Waals surface area contributed by atoms with Crippen molar-refractivity contribution in [3.63, 3.8) is 0 Å². The van der Waals surface area contributed by atoms with Crippen LogP contribution in [0.1, 0.15) is 12.0 Å². The summed E-state index contributed by atoms with van der Waals surface area (Å²) >= 11 is 5.89. The Balaban J connectivity index is 2.79. The third kappa shape index (κ3) is 3.05. The fourth-order valence-corrected chi connectivity index (χ4v) is 1.29. The van der Waals surface area contributed by atoms with E-state index in [9.17, 15) is 0 Å². The average Bonchev–Trinajstić information content (AvgIpc) is 2.21. The number of halogens is 1. The Morgan fingerprint density at radius 2 is 2.29 bits per heavy atom. The second-order valence-electron chi connectivity index (χ2n) is 2.87. The minimum atomic E-state index is 0.628. The number of benzene rings is 1. The van der Waals surface area contributed by atoms with E-state index in [4.69, 9.17) is 22.1 Å². The Morgan fingerprint density at radius 1 is 1.50 bits per heavy atom. The van der Waals surface area contributed by atoms with Crippen molar-refractivity contribution in [1.82, 2.24) is 0 Å². The normalized spacial score (nSPS) is 10.8. The van der Waals surface area contributed by atoms with Crippen LogP contribution in [0.4, 0.5) is 0 Å². The monoisotopic (exact) mass is 211 g/mol. The lowest BCUT2D eigenvalue weighted by Crippen LogP contribution is -1.94. The van der Waals surface area contributed by atoms with Crippen LogP contribution in [0.25, 0.3) is 6.08 Å². The highest BCUT2D eigenvalue weighted by molar-refractivity contribution is 6.32. The Hall–Kier alpha value is -0.990. The van der Waals surface area contributed by atoms with E-state index in [1.54, 1.807) is 7.11 Å². The van der Waals surface area contributed by atoms with Gasteiger partial charge in [0.2, 0.25) is 0 Å². The van der Waals surface area contributed by atoms with Gasteiger partial charge in [0.25, 0.3) is 0 Å². The molecule has 0 bridgehead atoms. The van der Waals surface area contributed by atoms with E-state index in [1.807, 2.05) is 30.4 Å². The van der Waals surface area contributed by atoms with Crippen LogP contribution in [-0.2, 0) is 0 Å². The molecule has 0 aliphatic carbocycles. The Kier molecular flexibility index (Phi) is 4.50. The molecule has 0 radical (unpaired) electrons. The van der Waals surface area contributed by atoms with Crippen molar-refractivity contribution in [2.24, 2.45) is 5.73 Å². The van der Waals surface area contributed by atoms with Crippen LogP contribution in [0.2, 0.25) is 5.02 Å². The SMILES string of the molecule is COc1cc(C=CCCN)ccc1Cl. The van der Waals surface area contributed by atoms with E-state index in [1.165, 1.54) is 0 Å². The van der Waals surface area contributed by atoms with Crippen LogP contribution in [0.3, 0.4) is 0 Å². The van der Waals surface area contributed by atoms with E-state index in [0.717, 1.165) is 12.0 Å². The molecule has 0 fully saturated rings. The first kappa shape index (κ1) is 11.1. The summed E-state index contributed by atoms with van der Waals surface area (Å²) < 4.78 is 5.10. The third-order valence-corrected chi connectivity index (χ3v) is 2.13. The molecule has 0 saturated carbocycles. The number of nitrogens with two attached hydrogens (primary N) is 1. The molecule has 3 heteroatoms. The van der Waals surface area contributed by atoms with Gasteiger partial charge < -0.3 is 10.5 Å². The van der Waals surface area contributed by atoms with Crippen LogP contribution in [-0.4, -0.2) is 13.7 Å². The fourth-order valence-electron chi connectivity index (χ4n) is 1.10. The maximum atomic E-state index is 5.89. The fraction of sp³-hybridized carbons (Fsp3) is 0.273. The van der Waals surface area contributed by atoms with Crippen LogP contribution in [0, 0.1) is 0 Å². The molecule has 2 nitrogen and oxygen atoms in total. The second kappa shape index (κ2) is 5.68. The largest absolute Gasteiger partial charge is 0.495 e. The summed E-state index contributed by atoms with van der Waals surface area (Å²) in [6.45, 7) is 0.668. The predicted octanol–water partition coefficient (Wildman–Crippen LogP) is 2.71. The molecule has 0 amide bonds. The lowest BCUT2D eigenvalue weighted by Gasteiger charge is -2.03. The molecular formula is C11H14ClNO. The molecule has 1 rings (SSSR count). The lowest BCUT2D eigenvalue weighted by atomic mass is 10.2. The van der Waals surface area contributed by atoms with E-state index in [0.29, 0.717) is 17.3 Å². The van der Waals surface area contributed by atoms with Crippen molar-refractivity contribution in [2.45, 2.75) is 6.42 Å². The van der Waals surface area contributed by atoms with E-state index < -0.39 is 0 Å². The van der Waals surface area contributed by atoms with Gasteiger partial charge in [-0.15, -0.1) is 0 Å². The van der Waals surface area contributed by atoms with Crippen LogP contribution < -0.4 is 10.5 Å². The first-order valence-electron chi connectivity index (χ1n) is 4.48. The maximum Gasteiger partial charge on any atom is 0.138 e. The lowest BCUT2D eigenvalue weighted by molar-refractivity contribution is 0.415. The van der Waals surface area contributed by atoms with Gasteiger partial charge in [-0.25, -0.2) is 0 Å². The first-order chi connectivity index (χ1) is 6.77. The quantitative estimate of drug-likeness (QED) is 0.831. The van der Waals surface area contributed by atoms with E-state index >= 15 is 0 Å². The van der Waals surface area contributed by atoms with E-state index in [2.05, 4.69) is 0 Å². The smallest absolute Gasteiger partial charge is 0.138 e. The van der Waals surface area contributed by atoms with Gasteiger partial charge in [-0.3, -0.25) is 0 Å². The molecule has 76 valence electrons. The summed E-state index contributed by atoms with van der Waals surface area (Å²) in [6, 6.07) is 5.66. The van der Waals surface area contributed by atoms with Crippen LogP contribution in [0.5, 0.6) is 5.75 Å². The molecule has 0 spiro atoms. The molecule has 0 aliphatic heterocycles. The first-order valence-corrected chi connectivity index (χ1v) is 4.86. The van der Waals surface area contributed by atoms with Crippen molar-refractivity contribution in [2.75, 3.05) is 13.7 Å². The zero-order chi connectivity index (χ0) is 10.4. The van der Waals surface area contributed by atoms with Gasteiger partial charge in [-0.1, -0.05) is 29.8 Å². The van der Waals surface area contributed by atoms with Gasteiger partial charge in [0.15, 0.2) is 0 Å². The summed E-state index contributed by atoms with van der Waals surface area (Å²) in [7, 11) is 1.61. The maximum absolute atomic E-state index is 5.89. The molecule has 14 heavy (non-hydrogen) atoms. The van der Waals surface area contributed by atoms with Gasteiger partial charge in [0, 0.05) is 0 Å². The number of methoxy groups -OCH3 is 1. The van der Waals surface area contributed by atoms with Gasteiger partial charge in [0.05, 0.1) is 12.1 Å².